The third kappa shape index (κ3) is 4.51. The maximum atomic E-state index is 13.8. The number of amides is 1. The van der Waals surface area contributed by atoms with E-state index >= 15 is 0 Å². The fraction of sp³-hybridized carbons (Fsp3) is 0.441. The Morgan fingerprint density at radius 3 is 2.14 bits per heavy atom. The van der Waals surface area contributed by atoms with Gasteiger partial charge in [-0.1, -0.05) is 113 Å². The van der Waals surface area contributed by atoms with Gasteiger partial charge in [-0.15, -0.1) is 0 Å². The van der Waals surface area contributed by atoms with E-state index < -0.39 is 0 Å². The molecule has 188 valence electrons. The predicted octanol–water partition coefficient (Wildman–Crippen LogP) is 7.77. The number of benzene rings is 3. The summed E-state index contributed by atoms with van der Waals surface area (Å²) in [6, 6.07) is 27.6. The van der Waals surface area contributed by atoms with E-state index in [1.54, 1.807) is 11.1 Å². The zero-order chi connectivity index (χ0) is 25.3. The third-order valence-corrected chi connectivity index (χ3v) is 9.37. The first-order chi connectivity index (χ1) is 17.3. The molecule has 0 unspecified atom stereocenters. The first-order valence-electron chi connectivity index (χ1n) is 13.8. The van der Waals surface area contributed by atoms with E-state index in [9.17, 15) is 4.79 Å². The van der Waals surface area contributed by atoms with Gasteiger partial charge in [0.15, 0.2) is 0 Å². The summed E-state index contributed by atoms with van der Waals surface area (Å²) >= 11 is 0. The molecule has 2 aliphatic carbocycles. The van der Waals surface area contributed by atoms with E-state index in [1.165, 1.54) is 31.2 Å². The van der Waals surface area contributed by atoms with Gasteiger partial charge in [-0.2, -0.15) is 0 Å². The lowest BCUT2D eigenvalue weighted by molar-refractivity contribution is -0.122. The highest BCUT2D eigenvalue weighted by atomic mass is 16.1. The molecule has 1 saturated carbocycles. The van der Waals surface area contributed by atoms with Gasteiger partial charge in [0.2, 0.25) is 5.91 Å². The normalized spacial score (nSPS) is 25.3. The lowest BCUT2D eigenvalue weighted by Crippen LogP contribution is -2.53. The van der Waals surface area contributed by atoms with E-state index in [4.69, 9.17) is 0 Å². The van der Waals surface area contributed by atoms with E-state index in [0.717, 1.165) is 24.1 Å². The first-order valence-corrected chi connectivity index (χ1v) is 13.8. The standard InChI is InChI=1S/C34H41NO/c1-24(2)28-17-16-25-18-19-30-33(3,20-11-21-34(30,4)29(25)22-28)23-35-32(36)31(26-12-7-5-8-13-26)27-14-9-6-10-15-27/h5-10,12-17,22,24,30-31H,11,18-21,23H2,1-4H3,(H,35,36)/t30-,33-,34-/m0/s1. The number of carbonyl (C=O) groups excluding carboxylic acids is 1. The Kier molecular flexibility index (Phi) is 6.81. The summed E-state index contributed by atoms with van der Waals surface area (Å²) in [6.45, 7) is 10.3. The molecular weight excluding hydrogens is 438 g/mol. The minimum absolute atomic E-state index is 0.0894. The fourth-order valence-electron chi connectivity index (χ4n) is 7.36. The van der Waals surface area contributed by atoms with Crippen molar-refractivity contribution < 1.29 is 4.79 Å². The van der Waals surface area contributed by atoms with Crippen LogP contribution in [0.5, 0.6) is 0 Å². The Morgan fingerprint density at radius 2 is 1.53 bits per heavy atom. The van der Waals surface area contributed by atoms with Crippen molar-refractivity contribution in [2.24, 2.45) is 11.3 Å². The maximum absolute atomic E-state index is 13.8. The molecule has 2 heteroatoms. The lowest BCUT2D eigenvalue weighted by atomic mass is 9.49. The van der Waals surface area contributed by atoms with Crippen LogP contribution in [0.15, 0.2) is 78.9 Å². The highest BCUT2D eigenvalue weighted by Gasteiger charge is 2.51. The van der Waals surface area contributed by atoms with Crippen LogP contribution >= 0.6 is 0 Å². The molecule has 0 heterocycles. The van der Waals surface area contributed by atoms with Crippen LogP contribution in [0.25, 0.3) is 0 Å². The molecule has 0 radical (unpaired) electrons. The van der Waals surface area contributed by atoms with Crippen LogP contribution in [0, 0.1) is 11.3 Å². The summed E-state index contributed by atoms with van der Waals surface area (Å²) < 4.78 is 0. The molecule has 0 aromatic heterocycles. The second kappa shape index (κ2) is 9.88. The summed E-state index contributed by atoms with van der Waals surface area (Å²) in [5.74, 6) is 0.938. The van der Waals surface area contributed by atoms with Crippen LogP contribution < -0.4 is 5.32 Å². The topological polar surface area (TPSA) is 29.1 Å². The van der Waals surface area contributed by atoms with Crippen molar-refractivity contribution in [3.8, 4) is 0 Å². The van der Waals surface area contributed by atoms with Gasteiger partial charge in [0, 0.05) is 6.54 Å². The minimum atomic E-state index is -0.286. The highest BCUT2D eigenvalue weighted by molar-refractivity contribution is 5.87. The number of rotatable bonds is 6. The zero-order valence-corrected chi connectivity index (χ0v) is 22.4. The Morgan fingerprint density at radius 1 is 0.889 bits per heavy atom. The van der Waals surface area contributed by atoms with Gasteiger partial charge in [0.1, 0.15) is 0 Å². The molecule has 0 saturated heterocycles. The quantitative estimate of drug-likeness (QED) is 0.384. The van der Waals surface area contributed by atoms with E-state index in [-0.39, 0.29) is 22.7 Å². The largest absolute Gasteiger partial charge is 0.355 e. The lowest BCUT2D eigenvalue weighted by Gasteiger charge is -2.55. The van der Waals surface area contributed by atoms with Crippen molar-refractivity contribution in [2.75, 3.05) is 6.54 Å². The molecule has 1 N–H and O–H groups in total. The zero-order valence-electron chi connectivity index (χ0n) is 22.4. The molecule has 3 aromatic carbocycles. The molecule has 5 rings (SSSR count). The van der Waals surface area contributed by atoms with Gasteiger partial charge in [-0.25, -0.2) is 0 Å². The first kappa shape index (κ1) is 24.8. The van der Waals surface area contributed by atoms with E-state index in [0.29, 0.717) is 11.8 Å². The van der Waals surface area contributed by atoms with E-state index in [2.05, 4.69) is 75.5 Å². The molecule has 3 aromatic rings. The van der Waals surface area contributed by atoms with Crippen molar-refractivity contribution >= 4 is 5.91 Å². The fourth-order valence-corrected chi connectivity index (χ4v) is 7.36. The molecule has 0 spiro atoms. The number of hydrogen-bond acceptors (Lipinski definition) is 1. The van der Waals surface area contributed by atoms with Crippen molar-refractivity contribution in [2.45, 2.75) is 77.0 Å². The predicted molar refractivity (Wildman–Crippen MR) is 149 cm³/mol. The summed E-state index contributed by atoms with van der Waals surface area (Å²) in [5.41, 5.74) is 6.93. The number of aryl methyl sites for hydroxylation is 1. The van der Waals surface area contributed by atoms with Crippen LogP contribution in [-0.2, 0) is 16.6 Å². The molecule has 0 aliphatic heterocycles. The average molecular weight is 480 g/mol. The Hall–Kier alpha value is -2.87. The van der Waals surface area contributed by atoms with Gasteiger partial charge in [-0.05, 0) is 76.2 Å². The smallest absolute Gasteiger partial charge is 0.232 e. The molecule has 3 atom stereocenters. The van der Waals surface area contributed by atoms with E-state index in [1.807, 2.05) is 36.4 Å². The molecule has 0 bridgehead atoms. The van der Waals surface area contributed by atoms with Crippen LogP contribution in [0.4, 0.5) is 0 Å². The summed E-state index contributed by atoms with van der Waals surface area (Å²) in [5, 5.41) is 3.45. The van der Waals surface area contributed by atoms with Crippen molar-refractivity contribution in [3.05, 3.63) is 107 Å². The monoisotopic (exact) mass is 479 g/mol. The van der Waals surface area contributed by atoms with Crippen LogP contribution in [0.1, 0.15) is 93.0 Å². The van der Waals surface area contributed by atoms with Crippen LogP contribution in [0.3, 0.4) is 0 Å². The number of nitrogens with one attached hydrogen (secondary N) is 1. The molecule has 1 amide bonds. The third-order valence-electron chi connectivity index (χ3n) is 9.37. The number of fused-ring (bicyclic) bond motifs is 3. The highest BCUT2D eigenvalue weighted by Crippen LogP contribution is 2.57. The maximum Gasteiger partial charge on any atom is 0.232 e. The molecule has 1 fully saturated rings. The summed E-state index contributed by atoms with van der Waals surface area (Å²) in [6.07, 6.45) is 5.98. The second-order valence-electron chi connectivity index (χ2n) is 12.1. The minimum Gasteiger partial charge on any atom is -0.355 e. The van der Waals surface area contributed by atoms with Gasteiger partial charge < -0.3 is 5.32 Å². The van der Waals surface area contributed by atoms with Crippen molar-refractivity contribution in [1.82, 2.24) is 5.32 Å². The van der Waals surface area contributed by atoms with Gasteiger partial charge in [0.25, 0.3) is 0 Å². The summed E-state index contributed by atoms with van der Waals surface area (Å²) in [4.78, 5) is 13.8. The average Bonchev–Trinajstić information content (AvgIpc) is 2.89. The van der Waals surface area contributed by atoms with Crippen LogP contribution in [-0.4, -0.2) is 12.5 Å². The second-order valence-corrected chi connectivity index (χ2v) is 12.1. The van der Waals surface area contributed by atoms with Crippen molar-refractivity contribution in [3.63, 3.8) is 0 Å². The molecule has 2 nitrogen and oxygen atoms in total. The molecule has 36 heavy (non-hydrogen) atoms. The summed E-state index contributed by atoms with van der Waals surface area (Å²) in [7, 11) is 0. The van der Waals surface area contributed by atoms with Gasteiger partial charge in [-0.3, -0.25) is 4.79 Å². The van der Waals surface area contributed by atoms with Gasteiger partial charge >= 0.3 is 0 Å². The number of carbonyl (C=O) groups is 1. The van der Waals surface area contributed by atoms with Crippen LogP contribution in [0.2, 0.25) is 0 Å². The van der Waals surface area contributed by atoms with Gasteiger partial charge in [0.05, 0.1) is 5.92 Å². The number of hydrogen-bond donors (Lipinski definition) is 1. The molecular formula is C34H41NO. The Bertz CT molecular complexity index is 1160. The SMILES string of the molecule is CC(C)c1ccc2c(c1)[C@]1(C)CCC[C@@](C)(CNC(=O)C(c3ccccc3)c3ccccc3)[C@@H]1CC2. The molecule has 2 aliphatic rings. The van der Waals surface area contributed by atoms with Crippen molar-refractivity contribution in [1.29, 1.82) is 0 Å². The Balaban J connectivity index is 1.40. The Labute approximate surface area is 217 Å².